The van der Waals surface area contributed by atoms with Crippen LogP contribution < -0.4 is 33.7 Å². The Morgan fingerprint density at radius 1 is 0.919 bits per heavy atom. The summed E-state index contributed by atoms with van der Waals surface area (Å²) in [7, 11) is 5.57. The third kappa shape index (κ3) is 7.38. The molecule has 0 unspecified atom stereocenters. The van der Waals surface area contributed by atoms with Crippen molar-refractivity contribution in [2.45, 2.75) is 33.4 Å². The number of hydrogen-bond donors (Lipinski definition) is 1. The molecule has 0 spiro atoms. The lowest BCUT2D eigenvalue weighted by molar-refractivity contribution is -0.701. The van der Waals surface area contributed by atoms with Crippen molar-refractivity contribution in [3.05, 3.63) is 36.2 Å². The first kappa shape index (κ1) is 29.0. The zero-order valence-electron chi connectivity index (χ0n) is 22.0. The van der Waals surface area contributed by atoms with Crippen LogP contribution in [0.1, 0.15) is 26.0 Å². The minimum Gasteiger partial charge on any atom is -0.493 e. The third-order valence-corrected chi connectivity index (χ3v) is 5.24. The summed E-state index contributed by atoms with van der Waals surface area (Å²) in [5.41, 5.74) is 0.984. The van der Waals surface area contributed by atoms with E-state index in [4.69, 9.17) is 28.4 Å². The second-order valence-electron chi connectivity index (χ2n) is 7.49. The van der Waals surface area contributed by atoms with Gasteiger partial charge in [-0.25, -0.2) is 19.1 Å². The number of hydrogen-bond acceptors (Lipinski definition) is 9. The minimum atomic E-state index is -0.947. The van der Waals surface area contributed by atoms with Gasteiger partial charge in [-0.2, -0.15) is 0 Å². The molecule has 0 aliphatic carbocycles. The summed E-state index contributed by atoms with van der Waals surface area (Å²) >= 11 is 0. The Kier molecular flexibility index (Phi) is 11.3. The summed E-state index contributed by atoms with van der Waals surface area (Å²) in [6, 6.07) is 7.12. The van der Waals surface area contributed by atoms with Gasteiger partial charge in [0.25, 0.3) is 0 Å². The fourth-order valence-corrected chi connectivity index (χ4v) is 3.52. The number of imide groups is 1. The number of anilines is 1. The van der Waals surface area contributed by atoms with E-state index >= 15 is 0 Å². The molecule has 0 fully saturated rings. The van der Waals surface area contributed by atoms with E-state index in [1.54, 1.807) is 0 Å². The van der Waals surface area contributed by atoms with Gasteiger partial charge in [0, 0.05) is 31.5 Å². The first-order valence-corrected chi connectivity index (χ1v) is 11.5. The van der Waals surface area contributed by atoms with Crippen LogP contribution in [0.3, 0.4) is 0 Å². The van der Waals surface area contributed by atoms with E-state index in [9.17, 15) is 14.4 Å². The van der Waals surface area contributed by atoms with Crippen LogP contribution in [-0.4, -0.2) is 59.7 Å². The van der Waals surface area contributed by atoms with Gasteiger partial charge < -0.3 is 33.7 Å². The lowest BCUT2D eigenvalue weighted by Crippen LogP contribution is -2.40. The molecule has 2 aromatic rings. The lowest BCUT2D eigenvalue weighted by Gasteiger charge is -2.24. The van der Waals surface area contributed by atoms with E-state index in [0.717, 1.165) is 17.1 Å². The topological polar surface area (TPSA) is 126 Å². The van der Waals surface area contributed by atoms with Crippen molar-refractivity contribution in [1.29, 1.82) is 0 Å². The average Bonchev–Trinajstić information content (AvgIpc) is 2.90. The maximum absolute atomic E-state index is 12.8. The Labute approximate surface area is 216 Å². The molecule has 1 aromatic heterocycles. The quantitative estimate of drug-likeness (QED) is 0.332. The molecule has 0 bridgehead atoms. The van der Waals surface area contributed by atoms with Gasteiger partial charge in [0.05, 0.1) is 41.7 Å². The SMILES string of the molecule is CC[n+]1ccccc1CNC(=O)OCCCOC(=O)N(C(C)=O)c1cc(OC)c(OC)c(OC)c1OC. The smallest absolute Gasteiger partial charge is 0.421 e. The predicted molar refractivity (Wildman–Crippen MR) is 132 cm³/mol. The lowest BCUT2D eigenvalue weighted by atomic mass is 10.2. The highest BCUT2D eigenvalue weighted by molar-refractivity contribution is 6.13. The van der Waals surface area contributed by atoms with Crippen LogP contribution in [0.25, 0.3) is 0 Å². The largest absolute Gasteiger partial charge is 0.493 e. The predicted octanol–water partition coefficient (Wildman–Crippen LogP) is 2.83. The number of pyridine rings is 1. The van der Waals surface area contributed by atoms with Gasteiger partial charge >= 0.3 is 12.2 Å². The van der Waals surface area contributed by atoms with E-state index in [1.807, 2.05) is 35.9 Å². The van der Waals surface area contributed by atoms with Crippen LogP contribution in [-0.2, 0) is 27.4 Å². The maximum atomic E-state index is 12.8. The Morgan fingerprint density at radius 3 is 2.19 bits per heavy atom. The highest BCUT2D eigenvalue weighted by Crippen LogP contribution is 2.50. The molecule has 0 saturated carbocycles. The Balaban J connectivity index is 1.97. The number of ether oxygens (including phenoxy) is 6. The molecule has 0 radical (unpaired) electrons. The van der Waals surface area contributed by atoms with Crippen LogP contribution in [0.2, 0.25) is 0 Å². The summed E-state index contributed by atoms with van der Waals surface area (Å²) in [6.07, 6.45) is 0.606. The van der Waals surface area contributed by atoms with Gasteiger partial charge in [-0.15, -0.1) is 0 Å². The summed E-state index contributed by atoms with van der Waals surface area (Å²) in [5.74, 6) is 0.0366. The van der Waals surface area contributed by atoms with Crippen LogP contribution >= 0.6 is 0 Å². The van der Waals surface area contributed by atoms with Crippen LogP contribution in [0, 0.1) is 0 Å². The van der Waals surface area contributed by atoms with E-state index in [-0.39, 0.29) is 48.3 Å². The number of methoxy groups -OCH3 is 4. The number of alkyl carbamates (subject to hydrolysis) is 1. The maximum Gasteiger partial charge on any atom is 0.421 e. The first-order chi connectivity index (χ1) is 17.8. The molecule has 1 N–H and O–H groups in total. The highest BCUT2D eigenvalue weighted by Gasteiger charge is 2.31. The van der Waals surface area contributed by atoms with Crippen molar-refractivity contribution >= 4 is 23.8 Å². The summed E-state index contributed by atoms with van der Waals surface area (Å²) in [6.45, 7) is 4.21. The third-order valence-electron chi connectivity index (χ3n) is 5.24. The number of carbonyl (C=O) groups is 3. The molecule has 1 aromatic carbocycles. The molecule has 2 rings (SSSR count). The molecule has 12 nitrogen and oxygen atoms in total. The molecular weight excluding hydrogens is 486 g/mol. The van der Waals surface area contributed by atoms with Gasteiger partial charge in [-0.05, 0) is 6.92 Å². The minimum absolute atomic E-state index is 0.00918. The molecule has 1 heterocycles. The number of rotatable bonds is 12. The van der Waals surface area contributed by atoms with E-state index < -0.39 is 18.1 Å². The van der Waals surface area contributed by atoms with E-state index in [0.29, 0.717) is 6.54 Å². The van der Waals surface area contributed by atoms with Gasteiger partial charge in [0.2, 0.25) is 23.1 Å². The highest BCUT2D eigenvalue weighted by atomic mass is 16.6. The number of nitrogens with zero attached hydrogens (tertiary/aromatic N) is 2. The van der Waals surface area contributed by atoms with Crippen LogP contribution in [0.4, 0.5) is 15.3 Å². The number of amides is 3. The van der Waals surface area contributed by atoms with Gasteiger partial charge in [0.15, 0.2) is 17.7 Å². The van der Waals surface area contributed by atoms with Crippen molar-refractivity contribution in [1.82, 2.24) is 5.32 Å². The van der Waals surface area contributed by atoms with Gasteiger partial charge in [-0.1, -0.05) is 6.07 Å². The fourth-order valence-electron chi connectivity index (χ4n) is 3.52. The van der Waals surface area contributed by atoms with Crippen LogP contribution in [0.5, 0.6) is 23.0 Å². The molecule has 0 saturated heterocycles. The molecule has 0 aliphatic rings. The van der Waals surface area contributed by atoms with E-state index in [2.05, 4.69) is 5.32 Å². The normalized spacial score (nSPS) is 10.2. The average molecular weight is 521 g/mol. The summed E-state index contributed by atoms with van der Waals surface area (Å²) < 4.78 is 33.8. The fraction of sp³-hybridized carbons (Fsp3) is 0.440. The molecule has 37 heavy (non-hydrogen) atoms. The number of aromatic nitrogens is 1. The molecular formula is C25H34N3O9+. The number of nitrogens with one attached hydrogen (secondary N) is 1. The second kappa shape index (κ2) is 14.4. The molecule has 0 atom stereocenters. The van der Waals surface area contributed by atoms with Crippen molar-refractivity contribution in [2.24, 2.45) is 0 Å². The van der Waals surface area contributed by atoms with Crippen molar-refractivity contribution in [3.8, 4) is 23.0 Å². The number of aryl methyl sites for hydroxylation is 1. The first-order valence-electron chi connectivity index (χ1n) is 11.5. The van der Waals surface area contributed by atoms with E-state index in [1.165, 1.54) is 41.4 Å². The zero-order chi connectivity index (χ0) is 27.4. The second-order valence-corrected chi connectivity index (χ2v) is 7.49. The Bertz CT molecular complexity index is 1090. The molecule has 3 amide bonds. The van der Waals surface area contributed by atoms with Crippen molar-refractivity contribution in [3.63, 3.8) is 0 Å². The van der Waals surface area contributed by atoms with Gasteiger partial charge in [-0.3, -0.25) is 4.79 Å². The summed E-state index contributed by atoms with van der Waals surface area (Å²) in [4.78, 5) is 38.0. The molecule has 0 aliphatic heterocycles. The zero-order valence-corrected chi connectivity index (χ0v) is 22.0. The monoisotopic (exact) mass is 520 g/mol. The number of benzene rings is 1. The molecule has 12 heteroatoms. The Hall–Kier alpha value is -4.22. The van der Waals surface area contributed by atoms with Crippen molar-refractivity contribution < 1.29 is 47.4 Å². The standard InChI is InChI=1S/C25H33N3O9/c1-7-27-12-9-8-11-18(27)16-26-24(30)36-13-10-14-37-25(31)28(17(2)29)19-15-20(32-3)22(34-5)23(35-6)21(19)33-4/h8-9,11-12,15H,7,10,13-14,16H2,1-6H3/p+1. The van der Waals surface area contributed by atoms with Crippen molar-refractivity contribution in [2.75, 3.05) is 46.6 Å². The number of carbonyl (C=O) groups excluding carboxylic acids is 3. The Morgan fingerprint density at radius 2 is 1.59 bits per heavy atom. The van der Waals surface area contributed by atoms with Crippen LogP contribution in [0.15, 0.2) is 30.5 Å². The van der Waals surface area contributed by atoms with Gasteiger partial charge in [0.1, 0.15) is 18.8 Å². The summed E-state index contributed by atoms with van der Waals surface area (Å²) in [5, 5.41) is 2.68. The molecule has 202 valence electrons.